The van der Waals surface area contributed by atoms with Gasteiger partial charge in [-0.25, -0.2) is 9.97 Å². The predicted molar refractivity (Wildman–Crippen MR) is 66.0 cm³/mol. The maximum absolute atomic E-state index is 4.36. The molecule has 0 saturated carbocycles. The third-order valence-corrected chi connectivity index (χ3v) is 2.69. The molecule has 1 N–H and O–H groups in total. The standard InChI is InChI=1S/C9H14BrN3S/c1-3-8-12-7(10)6-9(13-8)11-4-5-14-2/h6H,3-5H2,1-2H3,(H,11,12,13). The largest absolute Gasteiger partial charge is 0.369 e. The molecule has 5 heteroatoms. The van der Waals surface area contributed by atoms with Crippen molar-refractivity contribution in [2.75, 3.05) is 23.9 Å². The van der Waals surface area contributed by atoms with Gasteiger partial charge in [0.15, 0.2) is 0 Å². The van der Waals surface area contributed by atoms with Gasteiger partial charge in [-0.2, -0.15) is 11.8 Å². The van der Waals surface area contributed by atoms with E-state index in [1.54, 1.807) is 0 Å². The van der Waals surface area contributed by atoms with Crippen LogP contribution in [0, 0.1) is 0 Å². The molecule has 3 nitrogen and oxygen atoms in total. The van der Waals surface area contributed by atoms with Gasteiger partial charge in [-0.15, -0.1) is 0 Å². The summed E-state index contributed by atoms with van der Waals surface area (Å²) in [6, 6.07) is 1.90. The van der Waals surface area contributed by atoms with Crippen LogP contribution in [0.1, 0.15) is 12.7 Å². The van der Waals surface area contributed by atoms with Gasteiger partial charge in [0.1, 0.15) is 16.2 Å². The Morgan fingerprint density at radius 3 is 2.93 bits per heavy atom. The molecule has 0 fully saturated rings. The lowest BCUT2D eigenvalue weighted by atomic mass is 10.4. The van der Waals surface area contributed by atoms with Crippen LogP contribution in [0.25, 0.3) is 0 Å². The summed E-state index contributed by atoms with van der Waals surface area (Å²) in [5.74, 6) is 2.85. The Morgan fingerprint density at radius 2 is 2.29 bits per heavy atom. The number of aryl methyl sites for hydroxylation is 1. The fraction of sp³-hybridized carbons (Fsp3) is 0.556. The molecular weight excluding hydrogens is 262 g/mol. The molecule has 0 spiro atoms. The Labute approximate surface area is 97.2 Å². The lowest BCUT2D eigenvalue weighted by molar-refractivity contribution is 0.925. The maximum Gasteiger partial charge on any atom is 0.131 e. The van der Waals surface area contributed by atoms with Gasteiger partial charge in [-0.1, -0.05) is 6.92 Å². The monoisotopic (exact) mass is 275 g/mol. The van der Waals surface area contributed by atoms with Crippen molar-refractivity contribution in [2.24, 2.45) is 0 Å². The smallest absolute Gasteiger partial charge is 0.131 e. The molecule has 78 valence electrons. The molecule has 0 aliphatic heterocycles. The average Bonchev–Trinajstić information content (AvgIpc) is 2.17. The van der Waals surface area contributed by atoms with Crippen molar-refractivity contribution in [1.82, 2.24) is 9.97 Å². The van der Waals surface area contributed by atoms with Gasteiger partial charge in [-0.3, -0.25) is 0 Å². The van der Waals surface area contributed by atoms with Crippen molar-refractivity contribution in [1.29, 1.82) is 0 Å². The first kappa shape index (κ1) is 11.8. The lowest BCUT2D eigenvalue weighted by Crippen LogP contribution is -2.07. The Bertz CT molecular complexity index is 293. The molecule has 0 atom stereocenters. The van der Waals surface area contributed by atoms with E-state index in [0.717, 1.165) is 35.0 Å². The van der Waals surface area contributed by atoms with E-state index >= 15 is 0 Å². The number of anilines is 1. The van der Waals surface area contributed by atoms with Crippen molar-refractivity contribution < 1.29 is 0 Å². The van der Waals surface area contributed by atoms with Crippen LogP contribution in [0.3, 0.4) is 0 Å². The van der Waals surface area contributed by atoms with Gasteiger partial charge in [0.2, 0.25) is 0 Å². The molecule has 0 amide bonds. The second-order valence-corrected chi connectivity index (χ2v) is 4.56. The normalized spacial score (nSPS) is 10.2. The van der Waals surface area contributed by atoms with Crippen molar-refractivity contribution in [2.45, 2.75) is 13.3 Å². The molecule has 1 rings (SSSR count). The second kappa shape index (κ2) is 6.24. The summed E-state index contributed by atoms with van der Waals surface area (Å²) in [4.78, 5) is 8.60. The Kier molecular flexibility index (Phi) is 5.25. The first-order valence-corrected chi connectivity index (χ1v) is 6.71. The van der Waals surface area contributed by atoms with Crippen molar-refractivity contribution in [3.63, 3.8) is 0 Å². The van der Waals surface area contributed by atoms with E-state index < -0.39 is 0 Å². The Hall–Kier alpha value is -0.290. The molecule has 1 aromatic heterocycles. The van der Waals surface area contributed by atoms with Gasteiger partial charge in [-0.05, 0) is 22.2 Å². The molecule has 14 heavy (non-hydrogen) atoms. The molecular formula is C9H14BrN3S. The number of thioether (sulfide) groups is 1. The van der Waals surface area contributed by atoms with Crippen LogP contribution < -0.4 is 5.32 Å². The Balaban J connectivity index is 2.62. The van der Waals surface area contributed by atoms with Crippen molar-refractivity contribution >= 4 is 33.5 Å². The molecule has 0 aromatic carbocycles. The second-order valence-electron chi connectivity index (χ2n) is 2.77. The summed E-state index contributed by atoms with van der Waals surface area (Å²) in [6.07, 6.45) is 2.95. The average molecular weight is 276 g/mol. The first-order valence-electron chi connectivity index (χ1n) is 4.52. The summed E-state index contributed by atoms with van der Waals surface area (Å²) in [6.45, 7) is 2.99. The zero-order chi connectivity index (χ0) is 10.4. The van der Waals surface area contributed by atoms with Crippen LogP contribution in [0.5, 0.6) is 0 Å². The molecule has 0 bridgehead atoms. The molecule has 0 aliphatic carbocycles. The van der Waals surface area contributed by atoms with E-state index in [-0.39, 0.29) is 0 Å². The van der Waals surface area contributed by atoms with Gasteiger partial charge < -0.3 is 5.32 Å². The zero-order valence-corrected chi connectivity index (χ0v) is 10.8. The summed E-state index contributed by atoms with van der Waals surface area (Å²) >= 11 is 5.18. The number of hydrogen-bond donors (Lipinski definition) is 1. The minimum atomic E-state index is 0.844. The quantitative estimate of drug-likeness (QED) is 0.662. The van der Waals surface area contributed by atoms with E-state index in [0.29, 0.717) is 0 Å². The molecule has 0 saturated heterocycles. The minimum absolute atomic E-state index is 0.844. The summed E-state index contributed by atoms with van der Waals surface area (Å²) in [5.41, 5.74) is 0. The van der Waals surface area contributed by atoms with Crippen LogP contribution in [0.15, 0.2) is 10.7 Å². The molecule has 0 unspecified atom stereocenters. The summed E-state index contributed by atoms with van der Waals surface area (Å²) in [5, 5.41) is 3.26. The highest BCUT2D eigenvalue weighted by Crippen LogP contribution is 2.12. The number of nitrogens with one attached hydrogen (secondary N) is 1. The number of nitrogens with zero attached hydrogens (tertiary/aromatic N) is 2. The highest BCUT2D eigenvalue weighted by molar-refractivity contribution is 9.10. The van der Waals surface area contributed by atoms with Gasteiger partial charge >= 0.3 is 0 Å². The lowest BCUT2D eigenvalue weighted by Gasteiger charge is -2.06. The van der Waals surface area contributed by atoms with Crippen LogP contribution in [0.2, 0.25) is 0 Å². The Morgan fingerprint density at radius 1 is 1.50 bits per heavy atom. The van der Waals surface area contributed by atoms with E-state index in [1.807, 2.05) is 24.8 Å². The fourth-order valence-electron chi connectivity index (χ4n) is 0.995. The highest BCUT2D eigenvalue weighted by atomic mass is 79.9. The van der Waals surface area contributed by atoms with Crippen LogP contribution >= 0.6 is 27.7 Å². The third kappa shape index (κ3) is 3.84. The number of halogens is 1. The third-order valence-electron chi connectivity index (χ3n) is 1.67. The maximum atomic E-state index is 4.36. The number of aromatic nitrogens is 2. The molecule has 1 aromatic rings. The zero-order valence-electron chi connectivity index (χ0n) is 8.38. The highest BCUT2D eigenvalue weighted by Gasteiger charge is 2.00. The van der Waals surface area contributed by atoms with E-state index in [2.05, 4.69) is 37.5 Å². The van der Waals surface area contributed by atoms with Gasteiger partial charge in [0.05, 0.1) is 0 Å². The van der Waals surface area contributed by atoms with Crippen LogP contribution in [-0.4, -0.2) is 28.5 Å². The topological polar surface area (TPSA) is 37.8 Å². The number of rotatable bonds is 5. The molecule has 0 radical (unpaired) electrons. The van der Waals surface area contributed by atoms with Crippen molar-refractivity contribution in [3.05, 3.63) is 16.5 Å². The van der Waals surface area contributed by atoms with Crippen LogP contribution in [0.4, 0.5) is 5.82 Å². The first-order chi connectivity index (χ1) is 6.76. The van der Waals surface area contributed by atoms with Crippen LogP contribution in [-0.2, 0) is 6.42 Å². The predicted octanol–water partition coefficient (Wildman–Crippen LogP) is 2.58. The minimum Gasteiger partial charge on any atom is -0.369 e. The van der Waals surface area contributed by atoms with Gasteiger partial charge in [0, 0.05) is 24.8 Å². The SMILES string of the molecule is CCc1nc(Br)cc(NCCSC)n1. The van der Waals surface area contributed by atoms with Gasteiger partial charge in [0.25, 0.3) is 0 Å². The van der Waals surface area contributed by atoms with E-state index in [4.69, 9.17) is 0 Å². The summed E-state index contributed by atoms with van der Waals surface area (Å²) < 4.78 is 0.844. The van der Waals surface area contributed by atoms with Crippen molar-refractivity contribution in [3.8, 4) is 0 Å². The summed E-state index contributed by atoms with van der Waals surface area (Å²) in [7, 11) is 0. The fourth-order valence-corrected chi connectivity index (χ4v) is 1.72. The van der Waals surface area contributed by atoms with E-state index in [1.165, 1.54) is 0 Å². The van der Waals surface area contributed by atoms with E-state index in [9.17, 15) is 0 Å². The molecule has 1 heterocycles. The molecule has 0 aliphatic rings. The number of hydrogen-bond acceptors (Lipinski definition) is 4.